The molecule has 0 spiro atoms. The summed E-state index contributed by atoms with van der Waals surface area (Å²) >= 11 is 0. The maximum atomic E-state index is 13.3. The second-order valence-electron chi connectivity index (χ2n) is 4.91. The van der Waals surface area contributed by atoms with Gasteiger partial charge >= 0.3 is 5.97 Å². The molecular weight excluding hydrogens is 271 g/mol. The minimum absolute atomic E-state index is 0.331. The Labute approximate surface area is 122 Å². The van der Waals surface area contributed by atoms with Crippen molar-refractivity contribution < 1.29 is 14.3 Å². The Balaban J connectivity index is 2.06. The summed E-state index contributed by atoms with van der Waals surface area (Å²) in [5, 5.41) is 12.0. The van der Waals surface area contributed by atoms with Crippen LogP contribution in [0.5, 0.6) is 0 Å². The van der Waals surface area contributed by atoms with E-state index >= 15 is 0 Å². The molecule has 21 heavy (non-hydrogen) atoms. The van der Waals surface area contributed by atoms with Gasteiger partial charge in [-0.15, -0.1) is 0 Å². The Kier molecular flexibility index (Phi) is 4.42. The van der Waals surface area contributed by atoms with Gasteiger partial charge in [-0.3, -0.25) is 0 Å². The zero-order chi connectivity index (χ0) is 15.4. The lowest BCUT2D eigenvalue weighted by Crippen LogP contribution is -2.08. The van der Waals surface area contributed by atoms with Crippen LogP contribution in [0.15, 0.2) is 42.5 Å². The summed E-state index contributed by atoms with van der Waals surface area (Å²) in [4.78, 5) is 12.9. The predicted octanol–water partition coefficient (Wildman–Crippen LogP) is 3.20. The average Bonchev–Trinajstić information content (AvgIpc) is 2.46. The highest BCUT2D eigenvalue weighted by atomic mass is 19.1. The third kappa shape index (κ3) is 3.72. The molecule has 0 unspecified atom stereocenters. The van der Waals surface area contributed by atoms with Gasteiger partial charge in [-0.25, -0.2) is 9.18 Å². The molecule has 0 heterocycles. The maximum Gasteiger partial charge on any atom is 0.338 e. The second-order valence-corrected chi connectivity index (χ2v) is 4.91. The van der Waals surface area contributed by atoms with Crippen molar-refractivity contribution in [3.05, 3.63) is 59.4 Å². The molecule has 0 aliphatic rings. The molecule has 0 aromatic heterocycles. The highest BCUT2D eigenvalue weighted by molar-refractivity contribution is 5.89. The molecule has 0 amide bonds. The number of carboxylic acid groups (broad SMARTS) is 1. The Hall–Kier alpha value is -2.56. The summed E-state index contributed by atoms with van der Waals surface area (Å²) in [6.07, 6.45) is 0. The van der Waals surface area contributed by atoms with Crippen molar-refractivity contribution in [2.75, 3.05) is 24.3 Å². The second kappa shape index (κ2) is 6.26. The van der Waals surface area contributed by atoms with Gasteiger partial charge in [0.1, 0.15) is 5.82 Å². The van der Waals surface area contributed by atoms with Crippen LogP contribution in [0.4, 0.5) is 15.8 Å². The molecule has 0 fully saturated rings. The molecular formula is C16H17FN2O2. The first-order chi connectivity index (χ1) is 9.97. The molecule has 0 radical (unpaired) electrons. The average molecular weight is 288 g/mol. The summed E-state index contributed by atoms with van der Waals surface area (Å²) in [5.74, 6) is -2.00. The molecule has 5 heteroatoms. The number of aromatic carboxylic acids is 1. The van der Waals surface area contributed by atoms with Crippen molar-refractivity contribution in [1.29, 1.82) is 0 Å². The Morgan fingerprint density at radius 1 is 1.19 bits per heavy atom. The van der Waals surface area contributed by atoms with E-state index in [1.807, 2.05) is 43.3 Å². The summed E-state index contributed by atoms with van der Waals surface area (Å²) in [5.41, 5.74) is 2.41. The van der Waals surface area contributed by atoms with Crippen LogP contribution >= 0.6 is 0 Å². The van der Waals surface area contributed by atoms with Crippen molar-refractivity contribution in [3.63, 3.8) is 0 Å². The minimum Gasteiger partial charge on any atom is -0.478 e. The number of hydrogen-bond acceptors (Lipinski definition) is 3. The van der Waals surface area contributed by atoms with Gasteiger partial charge in [0.05, 0.1) is 5.56 Å². The van der Waals surface area contributed by atoms with Gasteiger partial charge in [-0.05, 0) is 35.9 Å². The van der Waals surface area contributed by atoms with Crippen LogP contribution in [-0.4, -0.2) is 25.2 Å². The lowest BCUT2D eigenvalue weighted by Gasteiger charge is -2.13. The number of rotatable bonds is 5. The lowest BCUT2D eigenvalue weighted by molar-refractivity contribution is 0.0692. The van der Waals surface area contributed by atoms with Crippen LogP contribution in [0.3, 0.4) is 0 Å². The van der Waals surface area contributed by atoms with Gasteiger partial charge in [0, 0.05) is 32.0 Å². The molecule has 4 nitrogen and oxygen atoms in total. The largest absolute Gasteiger partial charge is 0.478 e. The van der Waals surface area contributed by atoms with Gasteiger partial charge in [0.15, 0.2) is 0 Å². The number of nitrogens with zero attached hydrogens (tertiary/aromatic N) is 1. The van der Waals surface area contributed by atoms with Gasteiger partial charge in [-0.1, -0.05) is 12.1 Å². The zero-order valence-corrected chi connectivity index (χ0v) is 11.9. The lowest BCUT2D eigenvalue weighted by atomic mass is 10.1. The van der Waals surface area contributed by atoms with Crippen LogP contribution in [-0.2, 0) is 6.54 Å². The highest BCUT2D eigenvalue weighted by Gasteiger charge is 2.10. The molecule has 2 rings (SSSR count). The van der Waals surface area contributed by atoms with Crippen molar-refractivity contribution in [2.24, 2.45) is 0 Å². The van der Waals surface area contributed by atoms with E-state index in [4.69, 9.17) is 5.11 Å². The van der Waals surface area contributed by atoms with E-state index in [-0.39, 0.29) is 5.56 Å². The molecule has 2 N–H and O–H groups in total. The van der Waals surface area contributed by atoms with Crippen LogP contribution < -0.4 is 10.2 Å². The quantitative estimate of drug-likeness (QED) is 0.887. The molecule has 0 saturated heterocycles. The van der Waals surface area contributed by atoms with E-state index in [2.05, 4.69) is 5.32 Å². The molecule has 0 aliphatic carbocycles. The molecule has 0 bridgehead atoms. The van der Waals surface area contributed by atoms with E-state index in [1.54, 1.807) is 0 Å². The normalized spacial score (nSPS) is 10.2. The number of anilines is 2. The fourth-order valence-corrected chi connectivity index (χ4v) is 1.92. The smallest absolute Gasteiger partial charge is 0.338 e. The minimum atomic E-state index is -1.27. The predicted molar refractivity (Wildman–Crippen MR) is 81.5 cm³/mol. The van der Waals surface area contributed by atoms with Crippen LogP contribution in [0, 0.1) is 5.82 Å². The Bertz CT molecular complexity index is 639. The zero-order valence-electron chi connectivity index (χ0n) is 11.9. The third-order valence-electron chi connectivity index (χ3n) is 3.15. The van der Waals surface area contributed by atoms with Crippen molar-refractivity contribution >= 4 is 17.3 Å². The number of carboxylic acids is 1. The van der Waals surface area contributed by atoms with E-state index in [0.29, 0.717) is 12.2 Å². The third-order valence-corrected chi connectivity index (χ3v) is 3.15. The summed E-state index contributed by atoms with van der Waals surface area (Å²) < 4.78 is 13.3. The van der Waals surface area contributed by atoms with Gasteiger partial charge in [0.25, 0.3) is 0 Å². The fourth-order valence-electron chi connectivity index (χ4n) is 1.92. The van der Waals surface area contributed by atoms with Gasteiger partial charge in [0.2, 0.25) is 0 Å². The van der Waals surface area contributed by atoms with Crippen molar-refractivity contribution in [1.82, 2.24) is 0 Å². The summed E-state index contributed by atoms with van der Waals surface area (Å²) in [6.45, 7) is 0.540. The number of benzene rings is 2. The molecule has 0 saturated carbocycles. The topological polar surface area (TPSA) is 52.6 Å². The van der Waals surface area contributed by atoms with E-state index in [9.17, 15) is 9.18 Å². The number of nitrogens with one attached hydrogen (secondary N) is 1. The van der Waals surface area contributed by atoms with Crippen molar-refractivity contribution in [3.8, 4) is 0 Å². The first-order valence-electron chi connectivity index (χ1n) is 6.50. The first-order valence-corrected chi connectivity index (χ1v) is 6.50. The molecule has 0 aliphatic heterocycles. The van der Waals surface area contributed by atoms with Gasteiger partial charge in [-0.2, -0.15) is 0 Å². The molecule has 0 atom stereocenters. The standard InChI is InChI=1S/C16H17FN2O2/c1-19(2)13-6-3-11(4-7-13)10-18-12-5-8-15(17)14(9-12)16(20)21/h3-9,18H,10H2,1-2H3,(H,20,21). The van der Waals surface area contributed by atoms with Crippen molar-refractivity contribution in [2.45, 2.75) is 6.54 Å². The van der Waals surface area contributed by atoms with Crippen LogP contribution in [0.2, 0.25) is 0 Å². The highest BCUT2D eigenvalue weighted by Crippen LogP contribution is 2.17. The van der Waals surface area contributed by atoms with Crippen LogP contribution in [0.25, 0.3) is 0 Å². The van der Waals surface area contributed by atoms with E-state index in [1.165, 1.54) is 12.1 Å². The van der Waals surface area contributed by atoms with E-state index in [0.717, 1.165) is 17.3 Å². The number of hydrogen-bond donors (Lipinski definition) is 2. The summed E-state index contributed by atoms with van der Waals surface area (Å²) in [6, 6.07) is 12.0. The number of halogens is 1. The van der Waals surface area contributed by atoms with E-state index < -0.39 is 11.8 Å². The Morgan fingerprint density at radius 3 is 2.43 bits per heavy atom. The fraction of sp³-hybridized carbons (Fsp3) is 0.188. The number of carbonyl (C=O) groups is 1. The Morgan fingerprint density at radius 2 is 1.86 bits per heavy atom. The monoisotopic (exact) mass is 288 g/mol. The van der Waals surface area contributed by atoms with Gasteiger partial charge < -0.3 is 15.3 Å². The van der Waals surface area contributed by atoms with Crippen LogP contribution in [0.1, 0.15) is 15.9 Å². The SMILES string of the molecule is CN(C)c1ccc(CNc2ccc(F)c(C(=O)O)c2)cc1. The molecule has 110 valence electrons. The summed E-state index contributed by atoms with van der Waals surface area (Å²) in [7, 11) is 3.94. The maximum absolute atomic E-state index is 13.3. The first kappa shape index (κ1) is 14.8. The molecule has 2 aromatic rings. The molecule has 2 aromatic carbocycles.